The Labute approximate surface area is 89.4 Å². The third-order valence-electron chi connectivity index (χ3n) is 3.51. The van der Waals surface area contributed by atoms with E-state index in [9.17, 15) is 0 Å². The van der Waals surface area contributed by atoms with Gasteiger partial charge in [0.2, 0.25) is 0 Å². The zero-order valence-electron chi connectivity index (χ0n) is 8.23. The summed E-state index contributed by atoms with van der Waals surface area (Å²) in [4.78, 5) is 0. The summed E-state index contributed by atoms with van der Waals surface area (Å²) in [5.41, 5.74) is 0.344. The Bertz CT molecular complexity index is 163. The van der Waals surface area contributed by atoms with Crippen molar-refractivity contribution in [2.45, 2.75) is 63.1 Å². The Kier molecular flexibility index (Phi) is 3.31. The Morgan fingerprint density at radius 2 is 2.00 bits per heavy atom. The van der Waals surface area contributed by atoms with Gasteiger partial charge in [-0.3, -0.25) is 0 Å². The van der Waals surface area contributed by atoms with Crippen molar-refractivity contribution in [2.24, 2.45) is 0 Å². The van der Waals surface area contributed by atoms with Crippen LogP contribution in [0.5, 0.6) is 0 Å². The Balaban J connectivity index is 1.79. The molecule has 1 nitrogen and oxygen atoms in total. The highest BCUT2D eigenvalue weighted by Crippen LogP contribution is 2.44. The fourth-order valence-electron chi connectivity index (χ4n) is 2.79. The highest BCUT2D eigenvalue weighted by atomic mass is 79.9. The standard InChI is InChI=1S/C11H19BrO/c12-9-3-4-10-5-8-11(13-10)6-1-2-7-11/h10H,1-9H2. The summed E-state index contributed by atoms with van der Waals surface area (Å²) in [6.07, 6.45) is 11.2. The summed E-state index contributed by atoms with van der Waals surface area (Å²) < 4.78 is 6.19. The number of ether oxygens (including phenoxy) is 1. The molecule has 0 bridgehead atoms. The van der Waals surface area contributed by atoms with Gasteiger partial charge in [-0.05, 0) is 38.5 Å². The maximum atomic E-state index is 6.19. The molecule has 1 spiro atoms. The van der Waals surface area contributed by atoms with Crippen molar-refractivity contribution in [1.82, 2.24) is 0 Å². The molecule has 1 heterocycles. The van der Waals surface area contributed by atoms with E-state index in [2.05, 4.69) is 15.9 Å². The number of rotatable bonds is 3. The van der Waals surface area contributed by atoms with Crippen LogP contribution in [0.3, 0.4) is 0 Å². The first-order chi connectivity index (χ1) is 6.35. The fraction of sp³-hybridized carbons (Fsp3) is 1.00. The van der Waals surface area contributed by atoms with E-state index in [0.717, 1.165) is 5.33 Å². The molecule has 0 amide bonds. The molecule has 13 heavy (non-hydrogen) atoms. The molecular formula is C11H19BrO. The van der Waals surface area contributed by atoms with Crippen LogP contribution in [0.4, 0.5) is 0 Å². The zero-order chi connectivity index (χ0) is 9.15. The smallest absolute Gasteiger partial charge is 0.0687 e. The minimum absolute atomic E-state index is 0.344. The van der Waals surface area contributed by atoms with Crippen molar-refractivity contribution in [1.29, 1.82) is 0 Å². The summed E-state index contributed by atoms with van der Waals surface area (Å²) in [5, 5.41) is 1.12. The van der Waals surface area contributed by atoms with Gasteiger partial charge in [-0.25, -0.2) is 0 Å². The van der Waals surface area contributed by atoms with Crippen LogP contribution in [-0.4, -0.2) is 17.0 Å². The van der Waals surface area contributed by atoms with Crippen LogP contribution in [0.2, 0.25) is 0 Å². The van der Waals surface area contributed by atoms with Crippen LogP contribution >= 0.6 is 15.9 Å². The molecule has 0 aromatic rings. The van der Waals surface area contributed by atoms with Crippen LogP contribution in [-0.2, 0) is 4.74 Å². The second-order valence-corrected chi connectivity index (χ2v) is 5.29. The maximum absolute atomic E-state index is 6.19. The molecule has 1 aliphatic heterocycles. The molecule has 2 heteroatoms. The molecular weight excluding hydrogens is 228 g/mol. The van der Waals surface area contributed by atoms with Crippen LogP contribution in [0, 0.1) is 0 Å². The van der Waals surface area contributed by atoms with Crippen molar-refractivity contribution >= 4 is 15.9 Å². The molecule has 0 N–H and O–H groups in total. The normalized spacial score (nSPS) is 31.6. The quantitative estimate of drug-likeness (QED) is 0.691. The lowest BCUT2D eigenvalue weighted by atomic mass is 9.98. The minimum Gasteiger partial charge on any atom is -0.372 e. The molecule has 0 radical (unpaired) electrons. The van der Waals surface area contributed by atoms with E-state index in [1.165, 1.54) is 51.4 Å². The number of hydrogen-bond donors (Lipinski definition) is 0. The first-order valence-electron chi connectivity index (χ1n) is 5.58. The van der Waals surface area contributed by atoms with Gasteiger partial charge in [-0.2, -0.15) is 0 Å². The molecule has 2 rings (SSSR count). The van der Waals surface area contributed by atoms with Gasteiger partial charge in [-0.15, -0.1) is 0 Å². The average Bonchev–Trinajstić information content (AvgIpc) is 2.74. The molecule has 0 aromatic heterocycles. The molecule has 2 aliphatic rings. The van der Waals surface area contributed by atoms with Crippen molar-refractivity contribution in [2.75, 3.05) is 5.33 Å². The van der Waals surface area contributed by atoms with Gasteiger partial charge < -0.3 is 4.74 Å². The van der Waals surface area contributed by atoms with Gasteiger partial charge in [0, 0.05) is 5.33 Å². The van der Waals surface area contributed by atoms with Crippen molar-refractivity contribution in [3.63, 3.8) is 0 Å². The zero-order valence-corrected chi connectivity index (χ0v) is 9.81. The second-order valence-electron chi connectivity index (χ2n) is 4.50. The summed E-state index contributed by atoms with van der Waals surface area (Å²) in [5.74, 6) is 0. The summed E-state index contributed by atoms with van der Waals surface area (Å²) in [6, 6.07) is 0. The van der Waals surface area contributed by atoms with Gasteiger partial charge in [0.25, 0.3) is 0 Å². The lowest BCUT2D eigenvalue weighted by molar-refractivity contribution is -0.0388. The van der Waals surface area contributed by atoms with Crippen LogP contribution in [0.15, 0.2) is 0 Å². The molecule has 1 atom stereocenters. The Morgan fingerprint density at radius 1 is 1.23 bits per heavy atom. The van der Waals surface area contributed by atoms with E-state index in [1.807, 2.05) is 0 Å². The van der Waals surface area contributed by atoms with Crippen LogP contribution in [0.25, 0.3) is 0 Å². The van der Waals surface area contributed by atoms with E-state index < -0.39 is 0 Å². The average molecular weight is 247 g/mol. The van der Waals surface area contributed by atoms with Crippen molar-refractivity contribution in [3.8, 4) is 0 Å². The van der Waals surface area contributed by atoms with Crippen molar-refractivity contribution in [3.05, 3.63) is 0 Å². The predicted molar refractivity (Wildman–Crippen MR) is 58.3 cm³/mol. The maximum Gasteiger partial charge on any atom is 0.0687 e. The van der Waals surface area contributed by atoms with E-state index >= 15 is 0 Å². The molecule has 2 fully saturated rings. The topological polar surface area (TPSA) is 9.23 Å². The predicted octanol–water partition coefficient (Wildman–Crippen LogP) is 3.65. The summed E-state index contributed by atoms with van der Waals surface area (Å²) >= 11 is 3.48. The number of halogens is 1. The Morgan fingerprint density at radius 3 is 2.69 bits per heavy atom. The van der Waals surface area contributed by atoms with E-state index in [1.54, 1.807) is 0 Å². The molecule has 1 saturated heterocycles. The number of alkyl halides is 1. The van der Waals surface area contributed by atoms with E-state index in [4.69, 9.17) is 4.74 Å². The highest BCUT2D eigenvalue weighted by molar-refractivity contribution is 9.09. The lowest BCUT2D eigenvalue weighted by Gasteiger charge is -2.23. The van der Waals surface area contributed by atoms with E-state index in [0.29, 0.717) is 11.7 Å². The van der Waals surface area contributed by atoms with Gasteiger partial charge in [0.15, 0.2) is 0 Å². The lowest BCUT2D eigenvalue weighted by Crippen LogP contribution is -2.24. The van der Waals surface area contributed by atoms with Gasteiger partial charge in [-0.1, -0.05) is 28.8 Å². The first-order valence-corrected chi connectivity index (χ1v) is 6.71. The largest absolute Gasteiger partial charge is 0.372 e. The SMILES string of the molecule is BrCCCC1CCC2(CCCC2)O1. The first kappa shape index (κ1) is 9.97. The third kappa shape index (κ3) is 2.27. The summed E-state index contributed by atoms with van der Waals surface area (Å²) in [7, 11) is 0. The molecule has 76 valence electrons. The Hall–Kier alpha value is 0.440. The third-order valence-corrected chi connectivity index (χ3v) is 4.07. The minimum atomic E-state index is 0.344. The van der Waals surface area contributed by atoms with Gasteiger partial charge in [0.1, 0.15) is 0 Å². The highest BCUT2D eigenvalue weighted by Gasteiger charge is 2.41. The van der Waals surface area contributed by atoms with Crippen LogP contribution in [0.1, 0.15) is 51.4 Å². The van der Waals surface area contributed by atoms with Crippen molar-refractivity contribution < 1.29 is 4.74 Å². The van der Waals surface area contributed by atoms with Crippen LogP contribution < -0.4 is 0 Å². The fourth-order valence-corrected chi connectivity index (χ4v) is 3.11. The molecule has 1 unspecified atom stereocenters. The monoisotopic (exact) mass is 246 g/mol. The van der Waals surface area contributed by atoms with E-state index in [-0.39, 0.29) is 0 Å². The number of hydrogen-bond acceptors (Lipinski definition) is 1. The second kappa shape index (κ2) is 4.31. The van der Waals surface area contributed by atoms with Gasteiger partial charge in [0.05, 0.1) is 11.7 Å². The van der Waals surface area contributed by atoms with Gasteiger partial charge >= 0.3 is 0 Å². The summed E-state index contributed by atoms with van der Waals surface area (Å²) in [6.45, 7) is 0. The molecule has 1 saturated carbocycles. The molecule has 0 aromatic carbocycles. The molecule has 1 aliphatic carbocycles.